The first kappa shape index (κ1) is 51.4. The molecule has 14 nitrogen and oxygen atoms in total. The van der Waals surface area contributed by atoms with Crippen molar-refractivity contribution in [3.05, 3.63) is 35.9 Å². The Labute approximate surface area is 356 Å². The molecule has 8 N–H and O–H groups in total. The molecule has 58 heavy (non-hydrogen) atoms. The maximum absolute atomic E-state index is 13.1. The SMILES string of the molecule is CB(O)N[C@H](C(=O)N[C@H](CSC1CC(=O)N1)CC(C)C)C(C)(C)C.CB(O)N[C@H](C(=O)N[C@H](CSC1CC(=O)N1C(=O)NCc1ccccc1)CC(C)C)C(C)(C)C. The van der Waals surface area contributed by atoms with Crippen LogP contribution >= 0.6 is 23.5 Å². The number of rotatable bonds is 20. The van der Waals surface area contributed by atoms with E-state index in [0.29, 0.717) is 37.0 Å². The number of imide groups is 1. The lowest BCUT2D eigenvalue weighted by Gasteiger charge is -2.39. The fraction of sp³-hybridized carbons (Fsp3) is 0.725. The molecule has 2 aliphatic heterocycles. The summed E-state index contributed by atoms with van der Waals surface area (Å²) in [5.74, 6) is 1.80. The Morgan fingerprint density at radius 1 is 0.793 bits per heavy atom. The molecule has 0 aliphatic carbocycles. The van der Waals surface area contributed by atoms with E-state index in [2.05, 4.69) is 59.4 Å². The summed E-state index contributed by atoms with van der Waals surface area (Å²) in [6.45, 7) is 23.8. The van der Waals surface area contributed by atoms with Crippen LogP contribution in [0.25, 0.3) is 0 Å². The van der Waals surface area contributed by atoms with Crippen LogP contribution in [0.3, 0.4) is 0 Å². The third kappa shape index (κ3) is 18.7. The highest BCUT2D eigenvalue weighted by Gasteiger charge is 2.42. The number of thioether (sulfide) groups is 2. The van der Waals surface area contributed by atoms with Gasteiger partial charge in [0, 0.05) is 30.1 Å². The number of benzene rings is 1. The zero-order chi connectivity index (χ0) is 44.0. The number of carbonyl (C=O) groups is 5. The van der Waals surface area contributed by atoms with Gasteiger partial charge in [0.2, 0.25) is 23.6 Å². The predicted molar refractivity (Wildman–Crippen MR) is 239 cm³/mol. The summed E-state index contributed by atoms with van der Waals surface area (Å²) < 4.78 is 0. The number of hydrogen-bond donors (Lipinski definition) is 8. The highest BCUT2D eigenvalue weighted by Crippen LogP contribution is 2.31. The van der Waals surface area contributed by atoms with Crippen LogP contribution in [-0.2, 0) is 25.7 Å². The minimum atomic E-state index is -0.808. The molecule has 1 aromatic rings. The molecule has 0 aromatic heterocycles. The number of β-lactam (4-membered cyclic amide) rings is 2. The first-order chi connectivity index (χ1) is 26.9. The Kier molecular flexibility index (Phi) is 21.2. The quantitative estimate of drug-likeness (QED) is 0.0696. The standard InChI is InChI=1S/C24H39BN4O4S.C16H32BN3O3S/c1-16(2)12-18(27-22(31)21(24(3,4)5)28-25(6)33)15-34-20-13-19(30)29(20)23(32)26-14-17-10-8-7-9-11-17;1-10(2)7-11(9-24-13-8-12(21)19-13)18-15(22)14(16(3,4)5)20-17(6)23/h7-11,16,18,20-21,28,33H,12-15H2,1-6H3,(H,26,32)(H,27,31);10-11,13-14,20,23H,7-9H2,1-6H3,(H,18,22)(H,19,21)/t18-,20?,21+;11-,13?,14+/m00/s1. The van der Waals surface area contributed by atoms with Crippen molar-refractivity contribution in [3.63, 3.8) is 0 Å². The lowest BCUT2D eigenvalue weighted by Crippen LogP contribution is -2.59. The molecule has 6 atom stereocenters. The molecular weight excluding hydrogens is 776 g/mol. The van der Waals surface area contributed by atoms with Gasteiger partial charge in [-0.3, -0.25) is 24.1 Å². The average molecular weight is 848 g/mol. The molecule has 3 rings (SSSR count). The number of nitrogens with zero attached hydrogens (tertiary/aromatic N) is 1. The summed E-state index contributed by atoms with van der Waals surface area (Å²) >= 11 is 3.19. The van der Waals surface area contributed by atoms with Crippen LogP contribution in [-0.4, -0.2) is 105 Å². The van der Waals surface area contributed by atoms with Crippen molar-refractivity contribution in [3.8, 4) is 0 Å². The molecule has 2 heterocycles. The summed E-state index contributed by atoms with van der Waals surface area (Å²) in [4.78, 5) is 62.8. The van der Waals surface area contributed by atoms with Crippen LogP contribution in [0.15, 0.2) is 30.3 Å². The zero-order valence-electron chi connectivity index (χ0n) is 36.8. The molecule has 2 saturated heterocycles. The number of nitrogens with one attached hydrogen (secondary N) is 6. The maximum atomic E-state index is 13.1. The molecular formula is C40H71B2N7O7S2. The first-order valence-corrected chi connectivity index (χ1v) is 22.6. The van der Waals surface area contributed by atoms with E-state index in [0.717, 1.165) is 24.2 Å². The van der Waals surface area contributed by atoms with Crippen LogP contribution in [0.4, 0.5) is 4.79 Å². The molecule has 1 aromatic carbocycles. The van der Waals surface area contributed by atoms with Crippen molar-refractivity contribution in [1.29, 1.82) is 0 Å². The largest absolute Gasteiger partial charge is 0.437 e. The Hall–Kier alpha value is -2.76. The van der Waals surface area contributed by atoms with Gasteiger partial charge in [-0.2, -0.15) is 0 Å². The van der Waals surface area contributed by atoms with Crippen molar-refractivity contribution < 1.29 is 34.0 Å². The minimum Gasteiger partial charge on any atom is -0.437 e. The molecule has 326 valence electrons. The van der Waals surface area contributed by atoms with Crippen molar-refractivity contribution >= 4 is 67.3 Å². The summed E-state index contributed by atoms with van der Waals surface area (Å²) in [6, 6.07) is 8.05. The van der Waals surface area contributed by atoms with Gasteiger partial charge in [-0.05, 0) is 54.7 Å². The van der Waals surface area contributed by atoms with Crippen molar-refractivity contribution in [2.75, 3.05) is 11.5 Å². The first-order valence-electron chi connectivity index (χ1n) is 20.5. The predicted octanol–water partition coefficient (Wildman–Crippen LogP) is 4.04. The van der Waals surface area contributed by atoms with Gasteiger partial charge in [-0.25, -0.2) is 4.79 Å². The van der Waals surface area contributed by atoms with Crippen LogP contribution in [0.1, 0.15) is 100 Å². The van der Waals surface area contributed by atoms with Gasteiger partial charge in [0.25, 0.3) is 0 Å². The van der Waals surface area contributed by atoms with Crippen LogP contribution < -0.4 is 31.7 Å². The fourth-order valence-electron chi connectivity index (χ4n) is 6.48. The third-order valence-electron chi connectivity index (χ3n) is 9.37. The lowest BCUT2D eigenvalue weighted by molar-refractivity contribution is -0.137. The van der Waals surface area contributed by atoms with E-state index in [9.17, 15) is 34.0 Å². The Balaban J connectivity index is 0.000000426. The summed E-state index contributed by atoms with van der Waals surface area (Å²) in [6.07, 6.45) is 2.51. The highest BCUT2D eigenvalue weighted by molar-refractivity contribution is 8.00. The summed E-state index contributed by atoms with van der Waals surface area (Å²) in [7, 11) is -1.56. The molecule has 2 unspecified atom stereocenters. The number of hydrogen-bond acceptors (Lipinski definition) is 11. The Morgan fingerprint density at radius 2 is 1.24 bits per heavy atom. The molecule has 2 fully saturated rings. The smallest absolute Gasteiger partial charge is 0.374 e. The zero-order valence-corrected chi connectivity index (χ0v) is 38.4. The number of likely N-dealkylation sites (tertiary alicyclic amines) is 1. The van der Waals surface area contributed by atoms with Crippen molar-refractivity contribution in [2.45, 2.75) is 150 Å². The van der Waals surface area contributed by atoms with Gasteiger partial charge < -0.3 is 41.8 Å². The van der Waals surface area contributed by atoms with Crippen LogP contribution in [0, 0.1) is 22.7 Å². The summed E-state index contributed by atoms with van der Waals surface area (Å²) in [5.41, 5.74) is 0.273. The molecule has 18 heteroatoms. The molecule has 0 radical (unpaired) electrons. The Morgan fingerprint density at radius 3 is 1.62 bits per heavy atom. The molecule has 0 saturated carbocycles. The molecule has 2 aliphatic rings. The van der Waals surface area contributed by atoms with E-state index in [4.69, 9.17) is 0 Å². The Bertz CT molecular complexity index is 1470. The normalized spacial score (nSPS) is 18.7. The van der Waals surface area contributed by atoms with Gasteiger partial charge in [0.05, 0.1) is 35.7 Å². The van der Waals surface area contributed by atoms with Gasteiger partial charge >= 0.3 is 20.1 Å². The van der Waals surface area contributed by atoms with E-state index in [1.165, 1.54) is 16.7 Å². The monoisotopic (exact) mass is 848 g/mol. The van der Waals surface area contributed by atoms with E-state index in [-0.39, 0.29) is 57.3 Å². The van der Waals surface area contributed by atoms with Gasteiger partial charge in [-0.1, -0.05) is 99.6 Å². The number of carbonyl (C=O) groups excluding carboxylic acids is 5. The second kappa shape index (κ2) is 23.9. The van der Waals surface area contributed by atoms with Gasteiger partial charge in [0.15, 0.2) is 0 Å². The molecule has 0 bridgehead atoms. The van der Waals surface area contributed by atoms with E-state index >= 15 is 0 Å². The third-order valence-corrected chi connectivity index (χ3v) is 12.0. The van der Waals surface area contributed by atoms with E-state index in [1.54, 1.807) is 25.4 Å². The second-order valence-electron chi connectivity index (χ2n) is 18.4. The van der Waals surface area contributed by atoms with Gasteiger partial charge in [0.1, 0.15) is 0 Å². The lowest BCUT2D eigenvalue weighted by atomic mass is 9.79. The minimum absolute atomic E-state index is 0.0423. The fourth-order valence-corrected chi connectivity index (χ4v) is 8.94. The van der Waals surface area contributed by atoms with Crippen LogP contribution in [0.5, 0.6) is 0 Å². The van der Waals surface area contributed by atoms with Crippen molar-refractivity contribution in [1.82, 2.24) is 36.6 Å². The summed E-state index contributed by atoms with van der Waals surface area (Å²) in [5, 5.41) is 37.1. The van der Waals surface area contributed by atoms with Gasteiger partial charge in [-0.15, -0.1) is 23.5 Å². The van der Waals surface area contributed by atoms with Crippen molar-refractivity contribution in [2.24, 2.45) is 22.7 Å². The average Bonchev–Trinajstić information content (AvgIpc) is 3.07. The van der Waals surface area contributed by atoms with Crippen LogP contribution in [0.2, 0.25) is 13.6 Å². The topological polar surface area (TPSA) is 201 Å². The molecule has 0 spiro atoms. The van der Waals surface area contributed by atoms with E-state index < -0.39 is 32.2 Å². The number of amides is 6. The second-order valence-corrected chi connectivity index (χ2v) is 20.9. The number of urea groups is 1. The highest BCUT2D eigenvalue weighted by atomic mass is 32.2. The molecule has 6 amide bonds. The van der Waals surface area contributed by atoms with E-state index in [1.807, 2.05) is 71.9 Å². The maximum Gasteiger partial charge on any atom is 0.374 e.